The van der Waals surface area contributed by atoms with Crippen molar-refractivity contribution in [2.45, 2.75) is 50.7 Å². The molecule has 0 aromatic carbocycles. The van der Waals surface area contributed by atoms with Gasteiger partial charge in [0.1, 0.15) is 0 Å². The Hall–Kier alpha value is -0.580. The van der Waals surface area contributed by atoms with Crippen molar-refractivity contribution < 1.29 is 0 Å². The minimum atomic E-state index is 0.398. The fourth-order valence-electron chi connectivity index (χ4n) is 3.45. The van der Waals surface area contributed by atoms with Crippen LogP contribution >= 0.6 is 23.2 Å². The Morgan fingerprint density at radius 2 is 1.95 bits per heavy atom. The van der Waals surface area contributed by atoms with E-state index in [1.54, 1.807) is 0 Å². The molecule has 2 bridgehead atoms. The quantitative estimate of drug-likeness (QED) is 0.932. The Balaban J connectivity index is 1.85. The lowest BCUT2D eigenvalue weighted by atomic mass is 9.98. The Morgan fingerprint density at radius 3 is 2.58 bits per heavy atom. The van der Waals surface area contributed by atoms with Gasteiger partial charge in [0.25, 0.3) is 0 Å². The zero-order chi connectivity index (χ0) is 13.4. The molecule has 6 heteroatoms. The number of fused-ring (bicyclic) bond motifs is 2. The topological polar surface area (TPSA) is 41.1 Å². The summed E-state index contributed by atoms with van der Waals surface area (Å²) in [6.45, 7) is 3.06. The molecule has 2 fully saturated rings. The lowest BCUT2D eigenvalue weighted by molar-refractivity contribution is 0.349. The lowest BCUT2D eigenvalue weighted by Gasteiger charge is -2.38. The van der Waals surface area contributed by atoms with E-state index in [0.717, 1.165) is 12.2 Å². The average Bonchev–Trinajstić information content (AvgIpc) is 2.74. The molecule has 0 saturated carbocycles. The molecule has 1 aromatic heterocycles. The average molecular weight is 301 g/mol. The highest BCUT2D eigenvalue weighted by Gasteiger charge is 2.36. The molecular formula is C13H18Cl2N4. The first-order chi connectivity index (χ1) is 9.17. The molecule has 2 unspecified atom stereocenters. The van der Waals surface area contributed by atoms with E-state index in [2.05, 4.69) is 27.3 Å². The summed E-state index contributed by atoms with van der Waals surface area (Å²) in [7, 11) is 0. The van der Waals surface area contributed by atoms with Crippen LogP contribution in [0.2, 0.25) is 10.3 Å². The summed E-state index contributed by atoms with van der Waals surface area (Å²) >= 11 is 12.1. The fraction of sp³-hybridized carbons (Fsp3) is 0.692. The van der Waals surface area contributed by atoms with E-state index < -0.39 is 0 Å². The first-order valence-corrected chi connectivity index (χ1v) is 7.64. The Morgan fingerprint density at radius 1 is 1.26 bits per heavy atom. The van der Waals surface area contributed by atoms with Crippen molar-refractivity contribution in [2.75, 3.05) is 11.4 Å². The molecule has 0 aliphatic carbocycles. The normalized spacial score (nSPS) is 29.5. The lowest BCUT2D eigenvalue weighted by Crippen LogP contribution is -2.48. The Labute approximate surface area is 123 Å². The van der Waals surface area contributed by atoms with Crippen LogP contribution in [0.1, 0.15) is 32.6 Å². The van der Waals surface area contributed by atoms with Gasteiger partial charge in [0, 0.05) is 30.7 Å². The summed E-state index contributed by atoms with van der Waals surface area (Å²) in [5.41, 5.74) is 0.912. The van der Waals surface area contributed by atoms with Crippen molar-refractivity contribution in [1.29, 1.82) is 0 Å². The first kappa shape index (κ1) is 13.4. The van der Waals surface area contributed by atoms with Crippen LogP contribution in [-0.4, -0.2) is 34.9 Å². The molecule has 0 radical (unpaired) electrons. The summed E-state index contributed by atoms with van der Waals surface area (Å²) in [4.78, 5) is 2.33. The highest BCUT2D eigenvalue weighted by Crippen LogP contribution is 2.34. The third kappa shape index (κ3) is 2.67. The maximum Gasteiger partial charge on any atom is 0.175 e. The molecule has 1 N–H and O–H groups in total. The minimum absolute atomic E-state index is 0.398. The SMILES string of the molecule is CCN(c1cc(Cl)nnc1Cl)C1CC2CCC(C1)N2. The van der Waals surface area contributed by atoms with Crippen LogP contribution in [0.5, 0.6) is 0 Å². The zero-order valence-corrected chi connectivity index (χ0v) is 12.5. The smallest absolute Gasteiger partial charge is 0.175 e. The molecule has 2 aliphatic rings. The molecule has 0 spiro atoms. The molecule has 2 saturated heterocycles. The third-order valence-corrected chi connectivity index (χ3v) is 4.69. The van der Waals surface area contributed by atoms with Crippen LogP contribution in [0.4, 0.5) is 5.69 Å². The first-order valence-electron chi connectivity index (χ1n) is 6.88. The number of nitrogens with zero attached hydrogens (tertiary/aromatic N) is 3. The predicted octanol–water partition coefficient (Wildman–Crippen LogP) is 2.89. The van der Waals surface area contributed by atoms with Gasteiger partial charge in [-0.2, -0.15) is 0 Å². The van der Waals surface area contributed by atoms with E-state index >= 15 is 0 Å². The summed E-state index contributed by atoms with van der Waals surface area (Å²) in [5.74, 6) is 0. The highest BCUT2D eigenvalue weighted by atomic mass is 35.5. The van der Waals surface area contributed by atoms with E-state index in [-0.39, 0.29) is 0 Å². The van der Waals surface area contributed by atoms with Crippen LogP contribution in [0, 0.1) is 0 Å². The van der Waals surface area contributed by atoms with Gasteiger partial charge in [-0.3, -0.25) is 0 Å². The molecule has 0 amide bonds. The minimum Gasteiger partial charge on any atom is -0.366 e. The second-order valence-electron chi connectivity index (χ2n) is 5.39. The number of hydrogen-bond donors (Lipinski definition) is 1. The van der Waals surface area contributed by atoms with Gasteiger partial charge in [-0.25, -0.2) is 0 Å². The molecule has 2 atom stereocenters. The van der Waals surface area contributed by atoms with E-state index in [9.17, 15) is 0 Å². The number of halogens is 2. The van der Waals surface area contributed by atoms with Crippen molar-refractivity contribution in [3.8, 4) is 0 Å². The fourth-order valence-corrected chi connectivity index (χ4v) is 3.79. The van der Waals surface area contributed by atoms with E-state index in [4.69, 9.17) is 23.2 Å². The number of hydrogen-bond acceptors (Lipinski definition) is 4. The summed E-state index contributed by atoms with van der Waals surface area (Å²) in [6, 6.07) is 3.65. The molecule has 19 heavy (non-hydrogen) atoms. The van der Waals surface area contributed by atoms with Crippen molar-refractivity contribution in [2.24, 2.45) is 0 Å². The second-order valence-corrected chi connectivity index (χ2v) is 6.14. The van der Waals surface area contributed by atoms with Crippen LogP contribution in [0.3, 0.4) is 0 Å². The van der Waals surface area contributed by atoms with Crippen molar-refractivity contribution >= 4 is 28.9 Å². The predicted molar refractivity (Wildman–Crippen MR) is 78.0 cm³/mol. The van der Waals surface area contributed by atoms with Crippen molar-refractivity contribution in [3.05, 3.63) is 16.4 Å². The van der Waals surface area contributed by atoms with E-state index in [1.807, 2.05) is 6.07 Å². The zero-order valence-electron chi connectivity index (χ0n) is 10.9. The van der Waals surface area contributed by atoms with Crippen LogP contribution in [-0.2, 0) is 0 Å². The maximum atomic E-state index is 6.19. The molecule has 104 valence electrons. The van der Waals surface area contributed by atoms with Gasteiger partial charge in [0.15, 0.2) is 10.3 Å². The largest absolute Gasteiger partial charge is 0.366 e. The van der Waals surface area contributed by atoms with Gasteiger partial charge in [-0.05, 0) is 32.6 Å². The monoisotopic (exact) mass is 300 g/mol. The van der Waals surface area contributed by atoms with Gasteiger partial charge >= 0.3 is 0 Å². The molecule has 4 nitrogen and oxygen atoms in total. The van der Waals surface area contributed by atoms with Crippen LogP contribution < -0.4 is 10.2 Å². The van der Waals surface area contributed by atoms with Crippen LogP contribution in [0.25, 0.3) is 0 Å². The van der Waals surface area contributed by atoms with Gasteiger partial charge in [0.05, 0.1) is 5.69 Å². The Bertz CT molecular complexity index is 456. The van der Waals surface area contributed by atoms with Crippen LogP contribution in [0.15, 0.2) is 6.07 Å². The van der Waals surface area contributed by atoms with Crippen molar-refractivity contribution in [3.63, 3.8) is 0 Å². The van der Waals surface area contributed by atoms with E-state index in [1.165, 1.54) is 25.7 Å². The van der Waals surface area contributed by atoms with Gasteiger partial charge in [-0.1, -0.05) is 23.2 Å². The van der Waals surface area contributed by atoms with Gasteiger partial charge in [0.2, 0.25) is 0 Å². The molecule has 1 aromatic rings. The summed E-state index contributed by atoms with van der Waals surface area (Å²) < 4.78 is 0. The number of piperidine rings is 1. The maximum absolute atomic E-state index is 6.19. The summed E-state index contributed by atoms with van der Waals surface area (Å²) in [6.07, 6.45) is 4.92. The molecule has 2 aliphatic heterocycles. The number of anilines is 1. The summed E-state index contributed by atoms with van der Waals surface area (Å²) in [5, 5.41) is 12.2. The second kappa shape index (κ2) is 5.43. The van der Waals surface area contributed by atoms with E-state index in [0.29, 0.717) is 28.4 Å². The standard InChI is InChI=1S/C13H18Cl2N4/c1-2-19(11-7-12(14)17-18-13(11)15)10-5-8-3-4-9(6-10)16-8/h7-10,16H,2-6H2,1H3. The number of nitrogens with one attached hydrogen (secondary N) is 1. The van der Waals surface area contributed by atoms with Gasteiger partial charge in [-0.15, -0.1) is 10.2 Å². The molecule has 3 rings (SSSR count). The third-order valence-electron chi connectivity index (χ3n) is 4.24. The van der Waals surface area contributed by atoms with Crippen molar-refractivity contribution in [1.82, 2.24) is 15.5 Å². The highest BCUT2D eigenvalue weighted by molar-refractivity contribution is 6.33. The number of aromatic nitrogens is 2. The molecular weight excluding hydrogens is 283 g/mol. The molecule has 3 heterocycles. The van der Waals surface area contributed by atoms with Gasteiger partial charge < -0.3 is 10.2 Å². The number of rotatable bonds is 3. The Kier molecular flexibility index (Phi) is 3.83.